The third-order valence-electron chi connectivity index (χ3n) is 3.11. The smallest absolute Gasteiger partial charge is 0.263 e. The van der Waals surface area contributed by atoms with Gasteiger partial charge in [-0.05, 0) is 0 Å². The third kappa shape index (κ3) is 5.38. The van der Waals surface area contributed by atoms with Crippen molar-refractivity contribution in [2.45, 2.75) is 0 Å². The summed E-state index contributed by atoms with van der Waals surface area (Å²) in [6.45, 7) is 5.30. The maximum Gasteiger partial charge on any atom is 0.263 e. The number of nitrogens with zero attached hydrogens (tertiary/aromatic N) is 3. The molecule has 0 aromatic rings. The molecule has 0 aromatic carbocycles. The molecule has 2 aliphatic rings. The monoisotopic (exact) mass is 309 g/mol. The van der Waals surface area contributed by atoms with E-state index in [0.29, 0.717) is 6.54 Å². The van der Waals surface area contributed by atoms with Crippen molar-refractivity contribution in [1.82, 2.24) is 15.5 Å². The number of amides is 1. The van der Waals surface area contributed by atoms with Crippen molar-refractivity contribution in [1.29, 1.82) is 5.26 Å². The number of carbonyl (C=O) groups excluding carboxylic acids is 1. The molecule has 114 valence electrons. The number of carbonyl (C=O) groups is 1. The van der Waals surface area contributed by atoms with E-state index in [2.05, 4.69) is 20.5 Å². The van der Waals surface area contributed by atoms with E-state index in [1.165, 1.54) is 6.20 Å². The molecule has 2 aliphatic heterocycles. The molecule has 2 rings (SSSR count). The van der Waals surface area contributed by atoms with Gasteiger partial charge in [-0.25, -0.2) is 0 Å². The highest BCUT2D eigenvalue weighted by Crippen LogP contribution is 2.09. The van der Waals surface area contributed by atoms with Gasteiger partial charge in [0.05, 0.1) is 19.8 Å². The lowest BCUT2D eigenvalue weighted by Crippen LogP contribution is -2.41. The molecule has 1 saturated heterocycles. The predicted octanol–water partition coefficient (Wildman–Crippen LogP) is -0.465. The fourth-order valence-electron chi connectivity index (χ4n) is 1.95. The molecule has 0 saturated carbocycles. The second-order valence-corrected chi connectivity index (χ2v) is 5.64. The van der Waals surface area contributed by atoms with Gasteiger partial charge >= 0.3 is 0 Å². The maximum atomic E-state index is 11.9. The first kappa shape index (κ1) is 15.8. The molecule has 2 N–H and O–H groups in total. The van der Waals surface area contributed by atoms with Crippen LogP contribution >= 0.6 is 11.8 Å². The molecule has 7 nitrogen and oxygen atoms in total. The van der Waals surface area contributed by atoms with Gasteiger partial charge < -0.3 is 15.4 Å². The lowest BCUT2D eigenvalue weighted by atomic mass is 10.3. The molecule has 0 aliphatic carbocycles. The van der Waals surface area contributed by atoms with Crippen LogP contribution in [0.25, 0.3) is 0 Å². The molecule has 0 atom stereocenters. The van der Waals surface area contributed by atoms with Gasteiger partial charge in [0.25, 0.3) is 5.91 Å². The van der Waals surface area contributed by atoms with Crippen LogP contribution in [0.4, 0.5) is 0 Å². The Balaban J connectivity index is 1.71. The van der Waals surface area contributed by atoms with Crippen molar-refractivity contribution >= 4 is 22.8 Å². The topological polar surface area (TPSA) is 89.8 Å². The highest BCUT2D eigenvalue weighted by molar-refractivity contribution is 8.14. The number of hydrogen-bond acceptors (Lipinski definition) is 7. The lowest BCUT2D eigenvalue weighted by Gasteiger charge is -2.26. The standard InChI is InChI=1S/C13H19N5O2S/c14-9-11(10-17-13-16-2-8-21-13)12(19)15-1-3-18-4-6-20-7-5-18/h10H,1-8H2,(H,15,19)(H,16,17)/b11-10-. The van der Waals surface area contributed by atoms with Crippen molar-refractivity contribution < 1.29 is 9.53 Å². The van der Waals surface area contributed by atoms with Gasteiger partial charge in [0.15, 0.2) is 5.17 Å². The number of thioether (sulfide) groups is 1. The van der Waals surface area contributed by atoms with Crippen molar-refractivity contribution in [3.05, 3.63) is 11.8 Å². The van der Waals surface area contributed by atoms with E-state index in [4.69, 9.17) is 10.00 Å². The van der Waals surface area contributed by atoms with E-state index in [1.54, 1.807) is 11.8 Å². The zero-order chi connectivity index (χ0) is 14.9. The van der Waals surface area contributed by atoms with Gasteiger partial charge in [0.1, 0.15) is 11.6 Å². The summed E-state index contributed by atoms with van der Waals surface area (Å²) in [7, 11) is 0. The number of hydrogen-bond donors (Lipinski definition) is 2. The third-order valence-corrected chi connectivity index (χ3v) is 4.01. The molecule has 21 heavy (non-hydrogen) atoms. The van der Waals surface area contributed by atoms with Crippen molar-refractivity contribution in [3.8, 4) is 6.07 Å². The first-order chi connectivity index (χ1) is 10.3. The Hall–Kier alpha value is -1.56. The quantitative estimate of drug-likeness (QED) is 0.527. The summed E-state index contributed by atoms with van der Waals surface area (Å²) < 4.78 is 5.26. The second-order valence-electron chi connectivity index (χ2n) is 4.56. The fraction of sp³-hybridized carbons (Fsp3) is 0.615. The average Bonchev–Trinajstić information content (AvgIpc) is 3.02. The van der Waals surface area contributed by atoms with Crippen LogP contribution in [0.15, 0.2) is 16.8 Å². The molecule has 2 heterocycles. The number of aliphatic imine (C=N–C) groups is 1. The van der Waals surface area contributed by atoms with E-state index >= 15 is 0 Å². The molecular weight excluding hydrogens is 290 g/mol. The Bertz CT molecular complexity index is 466. The Morgan fingerprint density at radius 2 is 2.33 bits per heavy atom. The normalized spacial score (nSPS) is 19.8. The second kappa shape index (κ2) is 8.67. The molecule has 0 unspecified atom stereocenters. The minimum Gasteiger partial charge on any atom is -0.379 e. The SMILES string of the molecule is N#C/C(=C/NC1=NCCS1)C(=O)NCCN1CCOCC1. The van der Waals surface area contributed by atoms with Crippen LogP contribution < -0.4 is 10.6 Å². The summed E-state index contributed by atoms with van der Waals surface area (Å²) in [6, 6.07) is 1.90. The van der Waals surface area contributed by atoms with E-state index in [9.17, 15) is 4.79 Å². The molecular formula is C13H19N5O2S. The van der Waals surface area contributed by atoms with E-state index in [1.807, 2.05) is 6.07 Å². The van der Waals surface area contributed by atoms with Gasteiger partial charge in [-0.2, -0.15) is 5.26 Å². The van der Waals surface area contributed by atoms with E-state index in [0.717, 1.165) is 50.3 Å². The Labute approximate surface area is 128 Å². The Morgan fingerprint density at radius 3 is 3.00 bits per heavy atom. The van der Waals surface area contributed by atoms with Gasteiger partial charge in [-0.15, -0.1) is 0 Å². The van der Waals surface area contributed by atoms with Crippen molar-refractivity contribution in [2.24, 2.45) is 4.99 Å². The highest BCUT2D eigenvalue weighted by atomic mass is 32.2. The Kier molecular flexibility index (Phi) is 6.53. The van der Waals surface area contributed by atoms with Crippen molar-refractivity contribution in [2.75, 3.05) is 51.7 Å². The fourth-order valence-corrected chi connectivity index (χ4v) is 2.65. The van der Waals surface area contributed by atoms with Gasteiger partial charge in [0.2, 0.25) is 0 Å². The summed E-state index contributed by atoms with van der Waals surface area (Å²) in [6.07, 6.45) is 1.42. The van der Waals surface area contributed by atoms with Crippen molar-refractivity contribution in [3.63, 3.8) is 0 Å². The summed E-state index contributed by atoms with van der Waals surface area (Å²) in [5.74, 6) is 0.575. The summed E-state index contributed by atoms with van der Waals surface area (Å²) in [5, 5.41) is 15.4. The number of ether oxygens (including phenoxy) is 1. The predicted molar refractivity (Wildman–Crippen MR) is 81.9 cm³/mol. The molecule has 1 fully saturated rings. The van der Waals surface area contributed by atoms with E-state index < -0.39 is 0 Å². The van der Waals surface area contributed by atoms with Crippen LogP contribution in [-0.4, -0.2) is 67.7 Å². The summed E-state index contributed by atoms with van der Waals surface area (Å²) in [4.78, 5) is 18.3. The van der Waals surface area contributed by atoms with Crippen LogP contribution in [0.1, 0.15) is 0 Å². The van der Waals surface area contributed by atoms with Crippen LogP contribution in [0.2, 0.25) is 0 Å². The number of nitriles is 1. The number of rotatable bonds is 5. The first-order valence-electron chi connectivity index (χ1n) is 6.92. The highest BCUT2D eigenvalue weighted by Gasteiger charge is 2.13. The van der Waals surface area contributed by atoms with Crippen LogP contribution in [-0.2, 0) is 9.53 Å². The average molecular weight is 309 g/mol. The van der Waals surface area contributed by atoms with Crippen LogP contribution in [0.5, 0.6) is 0 Å². The number of morpholine rings is 1. The van der Waals surface area contributed by atoms with Crippen LogP contribution in [0, 0.1) is 11.3 Å². The molecule has 1 amide bonds. The molecule has 0 aromatic heterocycles. The zero-order valence-electron chi connectivity index (χ0n) is 11.8. The molecule has 0 radical (unpaired) electrons. The van der Waals surface area contributed by atoms with Gasteiger partial charge in [0, 0.05) is 38.1 Å². The van der Waals surface area contributed by atoms with Gasteiger partial charge in [-0.1, -0.05) is 11.8 Å². The number of nitrogens with one attached hydrogen (secondary N) is 2. The largest absolute Gasteiger partial charge is 0.379 e. The first-order valence-corrected chi connectivity index (χ1v) is 7.90. The van der Waals surface area contributed by atoms with Gasteiger partial charge in [-0.3, -0.25) is 14.7 Å². The number of amidine groups is 1. The lowest BCUT2D eigenvalue weighted by molar-refractivity contribution is -0.117. The molecule has 0 bridgehead atoms. The Morgan fingerprint density at radius 1 is 1.52 bits per heavy atom. The maximum absolute atomic E-state index is 11.9. The van der Waals surface area contributed by atoms with E-state index in [-0.39, 0.29) is 11.5 Å². The molecule has 0 spiro atoms. The van der Waals surface area contributed by atoms with Crippen LogP contribution in [0.3, 0.4) is 0 Å². The molecule has 8 heteroatoms. The zero-order valence-corrected chi connectivity index (χ0v) is 12.6. The minimum absolute atomic E-state index is 0.0622. The summed E-state index contributed by atoms with van der Waals surface area (Å²) >= 11 is 1.58. The minimum atomic E-state index is -0.359. The summed E-state index contributed by atoms with van der Waals surface area (Å²) in [5.41, 5.74) is 0.0622.